The van der Waals surface area contributed by atoms with Crippen LogP contribution in [0.2, 0.25) is 0 Å². The summed E-state index contributed by atoms with van der Waals surface area (Å²) in [4.78, 5) is 0. The molecule has 1 aromatic carbocycles. The Balaban J connectivity index is 1.84. The second-order valence-corrected chi connectivity index (χ2v) is 6.56. The summed E-state index contributed by atoms with van der Waals surface area (Å²) in [7, 11) is 0. The van der Waals surface area contributed by atoms with Crippen molar-refractivity contribution in [1.29, 1.82) is 0 Å². The largest absolute Gasteiger partial charge is 0.396 e. The van der Waals surface area contributed by atoms with Gasteiger partial charge in [0.05, 0.1) is 0 Å². The standard InChI is InChI=1S/C15H22INO/c1-11(12-5-7-15(16)8-6-12)17-9-13-3-2-4-14(13)10-18/h5-8,11,13-14,17-18H,2-4,9-10H2,1H3. The molecule has 0 amide bonds. The van der Waals surface area contributed by atoms with Crippen molar-refractivity contribution in [2.24, 2.45) is 11.8 Å². The summed E-state index contributed by atoms with van der Waals surface area (Å²) in [5.41, 5.74) is 1.34. The van der Waals surface area contributed by atoms with E-state index in [1.54, 1.807) is 0 Å². The summed E-state index contributed by atoms with van der Waals surface area (Å²) < 4.78 is 1.28. The predicted octanol–water partition coefficient (Wildman–Crippen LogP) is 3.35. The Kier molecular flexibility index (Phi) is 5.45. The van der Waals surface area contributed by atoms with E-state index in [1.807, 2.05) is 0 Å². The van der Waals surface area contributed by atoms with E-state index in [1.165, 1.54) is 28.4 Å². The first-order valence-electron chi connectivity index (χ1n) is 6.80. The molecule has 1 aromatic rings. The monoisotopic (exact) mass is 359 g/mol. The van der Waals surface area contributed by atoms with Crippen LogP contribution in [-0.2, 0) is 0 Å². The van der Waals surface area contributed by atoms with E-state index in [0.717, 1.165) is 6.54 Å². The molecule has 0 aliphatic heterocycles. The second-order valence-electron chi connectivity index (χ2n) is 5.32. The van der Waals surface area contributed by atoms with Gasteiger partial charge in [-0.1, -0.05) is 18.6 Å². The number of hydrogen-bond acceptors (Lipinski definition) is 2. The molecule has 1 fully saturated rings. The Labute approximate surface area is 123 Å². The number of hydrogen-bond donors (Lipinski definition) is 2. The topological polar surface area (TPSA) is 32.3 Å². The fourth-order valence-electron chi connectivity index (χ4n) is 2.82. The molecule has 0 bridgehead atoms. The average Bonchev–Trinajstić information content (AvgIpc) is 2.84. The number of benzene rings is 1. The van der Waals surface area contributed by atoms with Gasteiger partial charge in [0.1, 0.15) is 0 Å². The molecule has 1 aliphatic rings. The van der Waals surface area contributed by atoms with Gasteiger partial charge in [-0.05, 0) is 78.4 Å². The van der Waals surface area contributed by atoms with Crippen molar-refractivity contribution in [3.05, 3.63) is 33.4 Å². The van der Waals surface area contributed by atoms with E-state index in [0.29, 0.717) is 24.5 Å². The van der Waals surface area contributed by atoms with Crippen molar-refractivity contribution in [2.75, 3.05) is 13.2 Å². The zero-order valence-corrected chi connectivity index (χ0v) is 13.1. The third-order valence-electron chi connectivity index (χ3n) is 4.11. The lowest BCUT2D eigenvalue weighted by atomic mass is 9.96. The van der Waals surface area contributed by atoms with E-state index in [9.17, 15) is 5.11 Å². The predicted molar refractivity (Wildman–Crippen MR) is 83.5 cm³/mol. The molecule has 0 radical (unpaired) electrons. The first-order chi connectivity index (χ1) is 8.70. The minimum absolute atomic E-state index is 0.351. The molecule has 0 heterocycles. The van der Waals surface area contributed by atoms with Gasteiger partial charge in [-0.15, -0.1) is 0 Å². The molecule has 18 heavy (non-hydrogen) atoms. The lowest BCUT2D eigenvalue weighted by Crippen LogP contribution is -2.28. The van der Waals surface area contributed by atoms with Crippen molar-refractivity contribution < 1.29 is 5.11 Å². The van der Waals surface area contributed by atoms with Crippen molar-refractivity contribution in [3.63, 3.8) is 0 Å². The first-order valence-corrected chi connectivity index (χ1v) is 7.88. The highest BCUT2D eigenvalue weighted by molar-refractivity contribution is 14.1. The number of aliphatic hydroxyl groups excluding tert-OH is 1. The Bertz CT molecular complexity index is 365. The maximum atomic E-state index is 9.32. The van der Waals surface area contributed by atoms with Gasteiger partial charge < -0.3 is 10.4 Å². The summed E-state index contributed by atoms with van der Waals surface area (Å²) in [5.74, 6) is 1.17. The molecular formula is C15H22INO. The van der Waals surface area contributed by atoms with Crippen molar-refractivity contribution in [3.8, 4) is 0 Å². The van der Waals surface area contributed by atoms with E-state index in [4.69, 9.17) is 0 Å². The molecule has 3 unspecified atom stereocenters. The van der Waals surface area contributed by atoms with Crippen LogP contribution in [0, 0.1) is 15.4 Å². The van der Waals surface area contributed by atoms with Crippen LogP contribution in [0.3, 0.4) is 0 Å². The summed E-state index contributed by atoms with van der Waals surface area (Å²) in [6.07, 6.45) is 3.73. The maximum Gasteiger partial charge on any atom is 0.0462 e. The zero-order valence-electron chi connectivity index (χ0n) is 10.9. The molecule has 2 nitrogen and oxygen atoms in total. The van der Waals surface area contributed by atoms with Crippen LogP contribution in [0.4, 0.5) is 0 Å². The number of aliphatic hydroxyl groups is 1. The lowest BCUT2D eigenvalue weighted by molar-refractivity contribution is 0.190. The van der Waals surface area contributed by atoms with Gasteiger partial charge in [-0.25, -0.2) is 0 Å². The van der Waals surface area contributed by atoms with E-state index in [-0.39, 0.29) is 0 Å². The lowest BCUT2D eigenvalue weighted by Gasteiger charge is -2.21. The SMILES string of the molecule is CC(NCC1CCCC1CO)c1ccc(I)cc1. The van der Waals surface area contributed by atoms with E-state index >= 15 is 0 Å². The van der Waals surface area contributed by atoms with Gasteiger partial charge in [-0.3, -0.25) is 0 Å². The van der Waals surface area contributed by atoms with Gasteiger partial charge in [0, 0.05) is 16.2 Å². The Hall–Kier alpha value is -0.130. The number of nitrogens with one attached hydrogen (secondary N) is 1. The molecule has 0 spiro atoms. The summed E-state index contributed by atoms with van der Waals surface area (Å²) >= 11 is 2.33. The first kappa shape index (κ1) is 14.3. The van der Waals surface area contributed by atoms with E-state index in [2.05, 4.69) is 59.1 Å². The van der Waals surface area contributed by atoms with Crippen LogP contribution in [0.25, 0.3) is 0 Å². The summed E-state index contributed by atoms with van der Waals surface area (Å²) in [5, 5.41) is 12.9. The van der Waals surface area contributed by atoms with Gasteiger partial charge in [-0.2, -0.15) is 0 Å². The van der Waals surface area contributed by atoms with Gasteiger partial charge in [0.2, 0.25) is 0 Å². The minimum atomic E-state index is 0.351. The molecule has 3 heteroatoms. The summed E-state index contributed by atoms with van der Waals surface area (Å²) in [6, 6.07) is 9.08. The van der Waals surface area contributed by atoms with Crippen molar-refractivity contribution in [2.45, 2.75) is 32.2 Å². The highest BCUT2D eigenvalue weighted by Crippen LogP contribution is 2.31. The average molecular weight is 359 g/mol. The normalized spacial score (nSPS) is 25.3. The molecule has 0 aromatic heterocycles. The third kappa shape index (κ3) is 3.68. The Morgan fingerprint density at radius 1 is 1.28 bits per heavy atom. The molecule has 0 saturated heterocycles. The molecular weight excluding hydrogens is 337 g/mol. The molecule has 3 atom stereocenters. The molecule has 100 valence electrons. The highest BCUT2D eigenvalue weighted by atomic mass is 127. The maximum absolute atomic E-state index is 9.32. The van der Waals surface area contributed by atoms with Gasteiger partial charge >= 0.3 is 0 Å². The second kappa shape index (κ2) is 6.87. The minimum Gasteiger partial charge on any atom is -0.396 e. The Morgan fingerprint density at radius 3 is 2.61 bits per heavy atom. The number of halogens is 1. The van der Waals surface area contributed by atoms with Crippen molar-refractivity contribution in [1.82, 2.24) is 5.32 Å². The quantitative estimate of drug-likeness (QED) is 0.791. The van der Waals surface area contributed by atoms with Crippen LogP contribution < -0.4 is 5.32 Å². The zero-order chi connectivity index (χ0) is 13.0. The van der Waals surface area contributed by atoms with Gasteiger partial charge in [0.25, 0.3) is 0 Å². The molecule has 1 aliphatic carbocycles. The van der Waals surface area contributed by atoms with Crippen LogP contribution in [0.15, 0.2) is 24.3 Å². The van der Waals surface area contributed by atoms with Gasteiger partial charge in [0.15, 0.2) is 0 Å². The number of rotatable bonds is 5. The van der Waals surface area contributed by atoms with Crippen LogP contribution >= 0.6 is 22.6 Å². The smallest absolute Gasteiger partial charge is 0.0462 e. The third-order valence-corrected chi connectivity index (χ3v) is 4.83. The Morgan fingerprint density at radius 2 is 1.94 bits per heavy atom. The summed E-state index contributed by atoms with van der Waals surface area (Å²) in [6.45, 7) is 3.59. The van der Waals surface area contributed by atoms with Crippen LogP contribution in [-0.4, -0.2) is 18.3 Å². The molecule has 2 N–H and O–H groups in total. The van der Waals surface area contributed by atoms with Crippen molar-refractivity contribution >= 4 is 22.6 Å². The fourth-order valence-corrected chi connectivity index (χ4v) is 3.18. The molecule has 2 rings (SSSR count). The molecule has 1 saturated carbocycles. The van der Waals surface area contributed by atoms with Crippen LogP contribution in [0.1, 0.15) is 37.8 Å². The van der Waals surface area contributed by atoms with E-state index < -0.39 is 0 Å². The van der Waals surface area contributed by atoms with Crippen LogP contribution in [0.5, 0.6) is 0 Å². The highest BCUT2D eigenvalue weighted by Gasteiger charge is 2.26. The fraction of sp³-hybridized carbons (Fsp3) is 0.600.